The molecule has 0 N–H and O–H groups in total. The Morgan fingerprint density at radius 1 is 1.53 bits per heavy atom. The van der Waals surface area contributed by atoms with Gasteiger partial charge in [-0.05, 0) is 37.1 Å². The van der Waals surface area contributed by atoms with E-state index in [4.69, 9.17) is 16.3 Å². The van der Waals surface area contributed by atoms with Gasteiger partial charge in [0.05, 0.1) is 7.11 Å². The number of rotatable bonds is 4. The molecule has 0 bridgehead atoms. The maximum absolute atomic E-state index is 13.1. The van der Waals surface area contributed by atoms with Crippen molar-refractivity contribution < 1.29 is 9.13 Å². The summed E-state index contributed by atoms with van der Waals surface area (Å²) in [4.78, 5) is 0. The SMILES string of the molecule is COc1ccc(F)cc1/C(C)=C/CCCl. The smallest absolute Gasteiger partial charge is 0.126 e. The lowest BCUT2D eigenvalue weighted by Gasteiger charge is -2.08. The average molecular weight is 229 g/mol. The maximum atomic E-state index is 13.1. The van der Waals surface area contributed by atoms with Crippen LogP contribution in [0.25, 0.3) is 5.57 Å². The van der Waals surface area contributed by atoms with Gasteiger partial charge >= 0.3 is 0 Å². The van der Waals surface area contributed by atoms with Gasteiger partial charge in [-0.15, -0.1) is 11.6 Å². The van der Waals surface area contributed by atoms with Crippen LogP contribution in [0.1, 0.15) is 18.9 Å². The summed E-state index contributed by atoms with van der Waals surface area (Å²) in [5.41, 5.74) is 1.76. The molecule has 82 valence electrons. The van der Waals surface area contributed by atoms with Gasteiger partial charge in [0.1, 0.15) is 11.6 Å². The predicted octanol–water partition coefficient (Wildman–Crippen LogP) is 3.87. The Balaban J connectivity index is 3.05. The van der Waals surface area contributed by atoms with Crippen molar-refractivity contribution in [3.63, 3.8) is 0 Å². The molecule has 0 fully saturated rings. The standard InChI is InChI=1S/C12H14ClFO/c1-9(4-3-7-13)11-8-10(14)5-6-12(11)15-2/h4-6,8H,3,7H2,1-2H3/b9-4+. The molecule has 0 spiro atoms. The number of allylic oxidation sites excluding steroid dienone is 2. The van der Waals surface area contributed by atoms with E-state index in [2.05, 4.69) is 0 Å². The van der Waals surface area contributed by atoms with Crippen molar-refractivity contribution in [3.05, 3.63) is 35.7 Å². The predicted molar refractivity (Wildman–Crippen MR) is 61.9 cm³/mol. The Bertz CT molecular complexity index is 361. The van der Waals surface area contributed by atoms with Crippen molar-refractivity contribution in [1.82, 2.24) is 0 Å². The lowest BCUT2D eigenvalue weighted by atomic mass is 10.1. The topological polar surface area (TPSA) is 9.23 Å². The third kappa shape index (κ3) is 3.24. The number of hydrogen-bond donors (Lipinski definition) is 0. The fourth-order valence-electron chi connectivity index (χ4n) is 1.37. The molecular weight excluding hydrogens is 215 g/mol. The minimum absolute atomic E-state index is 0.260. The highest BCUT2D eigenvalue weighted by molar-refractivity contribution is 6.17. The number of halogens is 2. The number of hydrogen-bond acceptors (Lipinski definition) is 1. The summed E-state index contributed by atoms with van der Waals surface area (Å²) < 4.78 is 18.2. The summed E-state index contributed by atoms with van der Waals surface area (Å²) in [5, 5.41) is 0. The largest absolute Gasteiger partial charge is 0.496 e. The zero-order chi connectivity index (χ0) is 11.3. The quantitative estimate of drug-likeness (QED) is 0.711. The molecule has 0 radical (unpaired) electrons. The van der Waals surface area contributed by atoms with E-state index in [0.29, 0.717) is 11.6 Å². The highest BCUT2D eigenvalue weighted by atomic mass is 35.5. The molecule has 1 aromatic carbocycles. The van der Waals surface area contributed by atoms with Crippen molar-refractivity contribution in [2.45, 2.75) is 13.3 Å². The van der Waals surface area contributed by atoms with Crippen LogP contribution < -0.4 is 4.74 Å². The van der Waals surface area contributed by atoms with E-state index in [9.17, 15) is 4.39 Å². The molecule has 0 atom stereocenters. The Kier molecular flexibility index (Phi) is 4.63. The molecule has 0 aliphatic rings. The Morgan fingerprint density at radius 3 is 2.87 bits per heavy atom. The second-order valence-electron chi connectivity index (χ2n) is 3.21. The summed E-state index contributed by atoms with van der Waals surface area (Å²) in [6.07, 6.45) is 2.75. The first-order valence-corrected chi connectivity index (χ1v) is 5.29. The minimum atomic E-state index is -0.260. The van der Waals surface area contributed by atoms with Crippen molar-refractivity contribution in [2.75, 3.05) is 13.0 Å². The van der Waals surface area contributed by atoms with E-state index < -0.39 is 0 Å². The fraction of sp³-hybridized carbons (Fsp3) is 0.333. The first-order chi connectivity index (χ1) is 7.19. The second kappa shape index (κ2) is 5.76. The van der Waals surface area contributed by atoms with Crippen LogP contribution in [-0.4, -0.2) is 13.0 Å². The average Bonchev–Trinajstić information content (AvgIpc) is 2.25. The number of ether oxygens (including phenoxy) is 1. The Labute approximate surface area is 94.5 Å². The second-order valence-corrected chi connectivity index (χ2v) is 3.59. The van der Waals surface area contributed by atoms with Crippen molar-refractivity contribution in [1.29, 1.82) is 0 Å². The Morgan fingerprint density at radius 2 is 2.27 bits per heavy atom. The van der Waals surface area contributed by atoms with E-state index >= 15 is 0 Å². The fourth-order valence-corrected chi connectivity index (χ4v) is 1.48. The molecule has 0 heterocycles. The summed E-state index contributed by atoms with van der Waals surface area (Å²) >= 11 is 5.59. The van der Waals surface area contributed by atoms with Crippen molar-refractivity contribution in [3.8, 4) is 5.75 Å². The van der Waals surface area contributed by atoms with Crippen LogP contribution in [0.2, 0.25) is 0 Å². The van der Waals surface area contributed by atoms with E-state index in [1.54, 1.807) is 13.2 Å². The molecule has 0 amide bonds. The van der Waals surface area contributed by atoms with Gasteiger partial charge < -0.3 is 4.74 Å². The number of methoxy groups -OCH3 is 1. The van der Waals surface area contributed by atoms with Gasteiger partial charge in [0.15, 0.2) is 0 Å². The minimum Gasteiger partial charge on any atom is -0.496 e. The van der Waals surface area contributed by atoms with Gasteiger partial charge in [0.25, 0.3) is 0 Å². The normalized spacial score (nSPS) is 11.6. The Hall–Kier alpha value is -1.02. The van der Waals surface area contributed by atoms with Crippen LogP contribution in [0, 0.1) is 5.82 Å². The monoisotopic (exact) mass is 228 g/mol. The first kappa shape index (κ1) is 12.1. The molecule has 1 aromatic rings. The van der Waals surface area contributed by atoms with Crippen LogP contribution in [-0.2, 0) is 0 Å². The molecule has 3 heteroatoms. The summed E-state index contributed by atoms with van der Waals surface area (Å²) in [6, 6.07) is 4.48. The molecule has 0 aliphatic carbocycles. The van der Waals surface area contributed by atoms with Crippen LogP contribution in [0.15, 0.2) is 24.3 Å². The summed E-state index contributed by atoms with van der Waals surface area (Å²) in [7, 11) is 1.57. The van der Waals surface area contributed by atoms with Crippen LogP contribution in [0.4, 0.5) is 4.39 Å². The molecule has 1 nitrogen and oxygen atoms in total. The lowest BCUT2D eigenvalue weighted by Crippen LogP contribution is -1.91. The van der Waals surface area contributed by atoms with Crippen molar-refractivity contribution >= 4 is 17.2 Å². The zero-order valence-electron chi connectivity index (χ0n) is 8.89. The molecule has 0 unspecified atom stereocenters. The van der Waals surface area contributed by atoms with Gasteiger partial charge in [-0.3, -0.25) is 0 Å². The summed E-state index contributed by atoms with van der Waals surface area (Å²) in [5.74, 6) is 0.985. The number of benzene rings is 1. The van der Waals surface area contributed by atoms with Gasteiger partial charge in [0.2, 0.25) is 0 Å². The van der Waals surface area contributed by atoms with Gasteiger partial charge in [0, 0.05) is 11.4 Å². The lowest BCUT2D eigenvalue weighted by molar-refractivity contribution is 0.412. The highest BCUT2D eigenvalue weighted by Crippen LogP contribution is 2.26. The van der Waals surface area contributed by atoms with E-state index in [-0.39, 0.29) is 5.82 Å². The van der Waals surface area contributed by atoms with Crippen molar-refractivity contribution in [2.24, 2.45) is 0 Å². The molecule has 0 aliphatic heterocycles. The van der Waals surface area contributed by atoms with E-state index in [1.807, 2.05) is 13.0 Å². The highest BCUT2D eigenvalue weighted by Gasteiger charge is 2.05. The summed E-state index contributed by atoms with van der Waals surface area (Å²) in [6.45, 7) is 1.92. The van der Waals surface area contributed by atoms with Gasteiger partial charge in [-0.1, -0.05) is 6.08 Å². The number of alkyl halides is 1. The van der Waals surface area contributed by atoms with Gasteiger partial charge in [-0.25, -0.2) is 4.39 Å². The van der Waals surface area contributed by atoms with Crippen LogP contribution in [0.5, 0.6) is 5.75 Å². The third-order valence-electron chi connectivity index (χ3n) is 2.15. The molecular formula is C12H14ClFO. The molecule has 0 saturated carbocycles. The first-order valence-electron chi connectivity index (χ1n) is 4.75. The van der Waals surface area contributed by atoms with Crippen LogP contribution in [0.3, 0.4) is 0 Å². The zero-order valence-corrected chi connectivity index (χ0v) is 9.64. The third-order valence-corrected chi connectivity index (χ3v) is 2.36. The molecule has 0 saturated heterocycles. The van der Waals surface area contributed by atoms with E-state index in [0.717, 1.165) is 17.6 Å². The molecule has 15 heavy (non-hydrogen) atoms. The maximum Gasteiger partial charge on any atom is 0.126 e. The van der Waals surface area contributed by atoms with Crippen LogP contribution >= 0.6 is 11.6 Å². The van der Waals surface area contributed by atoms with Gasteiger partial charge in [-0.2, -0.15) is 0 Å². The van der Waals surface area contributed by atoms with E-state index in [1.165, 1.54) is 12.1 Å². The molecule has 1 rings (SSSR count). The molecule has 0 aromatic heterocycles.